The molecule has 1 heterocycles. The van der Waals surface area contributed by atoms with Crippen LogP contribution in [0, 0.1) is 0 Å². The fraction of sp³-hybridized carbons (Fsp3) is 0.750. The molecule has 0 saturated carbocycles. The van der Waals surface area contributed by atoms with Crippen LogP contribution >= 0.6 is 0 Å². The van der Waals surface area contributed by atoms with Gasteiger partial charge in [-0.2, -0.15) is 5.10 Å². The summed E-state index contributed by atoms with van der Waals surface area (Å²) in [7, 11) is 1.70. The molecule has 74 valence electrons. The minimum absolute atomic E-state index is 0.0643. The Kier molecular flexibility index (Phi) is 3.25. The minimum atomic E-state index is -0.0643. The lowest BCUT2D eigenvalue weighted by Crippen LogP contribution is -2.31. The van der Waals surface area contributed by atoms with Crippen LogP contribution in [0.4, 0.5) is 0 Å². The van der Waals surface area contributed by atoms with Crippen LogP contribution in [0.15, 0.2) is 11.1 Å². The van der Waals surface area contributed by atoms with Gasteiger partial charge < -0.3 is 5.32 Å². The van der Waals surface area contributed by atoms with E-state index in [1.54, 1.807) is 7.05 Å². The summed E-state index contributed by atoms with van der Waals surface area (Å²) < 4.78 is 2.92. The normalized spacial score (nSPS) is 11.1. The highest BCUT2D eigenvalue weighted by molar-refractivity contribution is 4.65. The fourth-order valence-electron chi connectivity index (χ4n) is 1.03. The van der Waals surface area contributed by atoms with Crippen molar-refractivity contribution in [1.82, 2.24) is 19.7 Å². The van der Waals surface area contributed by atoms with Gasteiger partial charge in [-0.15, -0.1) is 0 Å². The molecule has 5 nitrogen and oxygen atoms in total. The molecule has 0 amide bonds. The predicted molar refractivity (Wildman–Crippen MR) is 50.6 cm³/mol. The van der Waals surface area contributed by atoms with Crippen LogP contribution in [0.25, 0.3) is 0 Å². The molecule has 1 aromatic rings. The number of nitrogens with zero attached hydrogens (tertiary/aromatic N) is 3. The van der Waals surface area contributed by atoms with Crippen molar-refractivity contribution >= 4 is 0 Å². The molecule has 0 radical (unpaired) electrons. The Bertz CT molecular complexity index is 312. The van der Waals surface area contributed by atoms with Crippen molar-refractivity contribution in [1.29, 1.82) is 0 Å². The summed E-state index contributed by atoms with van der Waals surface area (Å²) in [5, 5.41) is 7.16. The molecule has 0 fully saturated rings. The van der Waals surface area contributed by atoms with Gasteiger partial charge in [-0.25, -0.2) is 9.48 Å². The average Bonchev–Trinajstić information content (AvgIpc) is 2.35. The molecule has 0 aliphatic heterocycles. The van der Waals surface area contributed by atoms with Gasteiger partial charge in [0.25, 0.3) is 0 Å². The summed E-state index contributed by atoms with van der Waals surface area (Å²) in [6.07, 6.45) is 1.53. The molecule has 0 spiro atoms. The molecule has 0 bridgehead atoms. The van der Waals surface area contributed by atoms with Gasteiger partial charge in [0.2, 0.25) is 0 Å². The Balaban J connectivity index is 2.46. The van der Waals surface area contributed by atoms with Crippen LogP contribution in [0.3, 0.4) is 0 Å². The minimum Gasteiger partial charge on any atom is -0.313 e. The molecule has 0 aliphatic rings. The van der Waals surface area contributed by atoms with Crippen molar-refractivity contribution in [3.05, 3.63) is 16.8 Å². The van der Waals surface area contributed by atoms with Gasteiger partial charge in [-0.05, 0) is 0 Å². The van der Waals surface area contributed by atoms with E-state index in [-0.39, 0.29) is 5.69 Å². The van der Waals surface area contributed by atoms with Crippen LogP contribution in [0.2, 0.25) is 0 Å². The summed E-state index contributed by atoms with van der Waals surface area (Å²) in [5.74, 6) is 0. The number of hydrogen-bond acceptors (Lipinski definition) is 3. The van der Waals surface area contributed by atoms with Crippen molar-refractivity contribution in [2.24, 2.45) is 7.05 Å². The monoisotopic (exact) mass is 184 g/mol. The molecule has 1 aromatic heterocycles. The molecular weight excluding hydrogens is 168 g/mol. The lowest BCUT2D eigenvalue weighted by atomic mass is 10.4. The third-order valence-corrected chi connectivity index (χ3v) is 1.76. The first-order chi connectivity index (χ1) is 6.11. The SMILES string of the molecule is CC(C)NCCn1ncn(C)c1=O. The van der Waals surface area contributed by atoms with Crippen LogP contribution in [-0.2, 0) is 13.6 Å². The summed E-state index contributed by atoms with van der Waals surface area (Å²) >= 11 is 0. The lowest BCUT2D eigenvalue weighted by molar-refractivity contribution is 0.503. The van der Waals surface area contributed by atoms with Gasteiger partial charge in [0.05, 0.1) is 6.54 Å². The highest BCUT2D eigenvalue weighted by atomic mass is 16.2. The van der Waals surface area contributed by atoms with Gasteiger partial charge in [0.1, 0.15) is 6.33 Å². The molecule has 1 N–H and O–H groups in total. The quantitative estimate of drug-likeness (QED) is 0.691. The van der Waals surface area contributed by atoms with Gasteiger partial charge in [0, 0.05) is 19.6 Å². The molecule has 13 heavy (non-hydrogen) atoms. The standard InChI is InChI=1S/C8H16N4O/c1-7(2)9-4-5-12-8(13)11(3)6-10-12/h6-7,9H,4-5H2,1-3H3. The van der Waals surface area contributed by atoms with Crippen molar-refractivity contribution in [2.75, 3.05) is 6.54 Å². The second kappa shape index (κ2) is 4.23. The Labute approximate surface area is 77.4 Å². The van der Waals surface area contributed by atoms with Crippen LogP contribution in [-0.4, -0.2) is 26.9 Å². The number of aryl methyl sites for hydroxylation is 1. The van der Waals surface area contributed by atoms with Crippen LogP contribution in [0.5, 0.6) is 0 Å². The smallest absolute Gasteiger partial charge is 0.313 e. The van der Waals surface area contributed by atoms with E-state index < -0.39 is 0 Å². The largest absolute Gasteiger partial charge is 0.345 e. The van der Waals surface area contributed by atoms with Gasteiger partial charge in [0.15, 0.2) is 0 Å². The first-order valence-corrected chi connectivity index (χ1v) is 4.43. The van der Waals surface area contributed by atoms with E-state index >= 15 is 0 Å². The van der Waals surface area contributed by atoms with E-state index in [1.165, 1.54) is 15.6 Å². The topological polar surface area (TPSA) is 51.9 Å². The Morgan fingerprint density at radius 3 is 2.77 bits per heavy atom. The number of nitrogens with one attached hydrogen (secondary N) is 1. The second-order valence-corrected chi connectivity index (χ2v) is 3.36. The van der Waals surface area contributed by atoms with Gasteiger partial charge in [-0.3, -0.25) is 4.57 Å². The Morgan fingerprint density at radius 1 is 1.62 bits per heavy atom. The van der Waals surface area contributed by atoms with E-state index in [1.807, 2.05) is 0 Å². The van der Waals surface area contributed by atoms with Crippen molar-refractivity contribution in [3.63, 3.8) is 0 Å². The fourth-order valence-corrected chi connectivity index (χ4v) is 1.03. The molecular formula is C8H16N4O. The van der Waals surface area contributed by atoms with Gasteiger partial charge >= 0.3 is 5.69 Å². The predicted octanol–water partition coefficient (Wildman–Crippen LogP) is -0.420. The molecule has 0 unspecified atom stereocenters. The maximum Gasteiger partial charge on any atom is 0.345 e. The molecule has 0 aromatic carbocycles. The molecule has 5 heteroatoms. The summed E-state index contributed by atoms with van der Waals surface area (Å²) in [5.41, 5.74) is -0.0643. The van der Waals surface area contributed by atoms with Crippen LogP contribution < -0.4 is 11.0 Å². The maximum absolute atomic E-state index is 11.3. The summed E-state index contributed by atoms with van der Waals surface area (Å²) in [4.78, 5) is 11.3. The number of rotatable bonds is 4. The third kappa shape index (κ3) is 2.69. The van der Waals surface area contributed by atoms with Crippen molar-refractivity contribution in [3.8, 4) is 0 Å². The number of hydrogen-bond donors (Lipinski definition) is 1. The zero-order valence-corrected chi connectivity index (χ0v) is 8.32. The van der Waals surface area contributed by atoms with E-state index in [0.717, 1.165) is 6.54 Å². The maximum atomic E-state index is 11.3. The Hall–Kier alpha value is -1.10. The molecule has 0 saturated heterocycles. The van der Waals surface area contributed by atoms with Gasteiger partial charge in [-0.1, -0.05) is 13.8 Å². The zero-order chi connectivity index (χ0) is 9.84. The first kappa shape index (κ1) is 9.98. The molecule has 0 atom stereocenters. The van der Waals surface area contributed by atoms with E-state index in [2.05, 4.69) is 24.3 Å². The Morgan fingerprint density at radius 2 is 2.31 bits per heavy atom. The van der Waals surface area contributed by atoms with Crippen molar-refractivity contribution < 1.29 is 0 Å². The van der Waals surface area contributed by atoms with E-state index in [9.17, 15) is 4.79 Å². The zero-order valence-electron chi connectivity index (χ0n) is 8.32. The van der Waals surface area contributed by atoms with E-state index in [0.29, 0.717) is 12.6 Å². The summed E-state index contributed by atoms with van der Waals surface area (Å²) in [6, 6.07) is 0.444. The highest BCUT2D eigenvalue weighted by Gasteiger charge is 2.00. The molecule has 1 rings (SSSR count). The average molecular weight is 184 g/mol. The van der Waals surface area contributed by atoms with Crippen molar-refractivity contribution in [2.45, 2.75) is 26.4 Å². The van der Waals surface area contributed by atoms with Crippen LogP contribution in [0.1, 0.15) is 13.8 Å². The first-order valence-electron chi connectivity index (χ1n) is 4.43. The second-order valence-electron chi connectivity index (χ2n) is 3.36. The lowest BCUT2D eigenvalue weighted by Gasteiger charge is -2.06. The molecule has 0 aliphatic carbocycles. The summed E-state index contributed by atoms with van der Waals surface area (Å²) in [6.45, 7) is 5.54. The highest BCUT2D eigenvalue weighted by Crippen LogP contribution is 1.78. The third-order valence-electron chi connectivity index (χ3n) is 1.76. The van der Waals surface area contributed by atoms with E-state index in [4.69, 9.17) is 0 Å². The number of aromatic nitrogens is 3.